The Balaban J connectivity index is 1.56. The number of hydrogen-bond acceptors (Lipinski definition) is 7. The maximum absolute atomic E-state index is 11.4. The van der Waals surface area contributed by atoms with E-state index in [9.17, 15) is 14.4 Å². The number of nitrogens with zero attached hydrogens (tertiary/aromatic N) is 4. The number of rotatable bonds is 15. The lowest BCUT2D eigenvalue weighted by molar-refractivity contribution is -0.0107. The zero-order chi connectivity index (χ0) is 30.1. The van der Waals surface area contributed by atoms with Gasteiger partial charge in [-0.3, -0.25) is 4.57 Å². The molecule has 0 aliphatic rings. The van der Waals surface area contributed by atoms with Crippen molar-refractivity contribution in [3.05, 3.63) is 133 Å². The van der Waals surface area contributed by atoms with Crippen LogP contribution in [0.1, 0.15) is 29.2 Å². The molecule has 10 nitrogen and oxygen atoms in total. The van der Waals surface area contributed by atoms with Crippen LogP contribution in [0.4, 0.5) is 5.82 Å². The molecule has 0 fully saturated rings. The largest absolute Gasteiger partial charge is 0.369 e. The molecule has 3 aromatic carbocycles. The number of fused-ring (bicyclic) bond motifs is 1. The first-order valence-corrected chi connectivity index (χ1v) is 15.7. The molecule has 43 heavy (non-hydrogen) atoms. The quantitative estimate of drug-likeness (QED) is 0.0616. The Morgan fingerprint density at radius 1 is 0.907 bits per heavy atom. The van der Waals surface area contributed by atoms with Gasteiger partial charge in [-0.2, -0.15) is 0 Å². The van der Waals surface area contributed by atoms with Gasteiger partial charge in [0, 0.05) is 13.2 Å². The van der Waals surface area contributed by atoms with Gasteiger partial charge < -0.3 is 29.1 Å². The van der Waals surface area contributed by atoms with Crippen molar-refractivity contribution >= 4 is 24.6 Å². The van der Waals surface area contributed by atoms with Gasteiger partial charge in [0.05, 0.1) is 19.0 Å². The van der Waals surface area contributed by atoms with Crippen molar-refractivity contribution in [2.45, 2.75) is 18.1 Å². The van der Waals surface area contributed by atoms with Gasteiger partial charge in [0.1, 0.15) is 23.8 Å². The van der Waals surface area contributed by atoms with Crippen LogP contribution in [0, 0.1) is 0 Å². The van der Waals surface area contributed by atoms with Gasteiger partial charge >= 0.3 is 7.60 Å². The van der Waals surface area contributed by atoms with Crippen LogP contribution in [0.5, 0.6) is 0 Å². The first-order valence-electron chi connectivity index (χ1n) is 13.9. The van der Waals surface area contributed by atoms with Gasteiger partial charge in [-0.05, 0) is 23.1 Å². The Kier molecular flexibility index (Phi) is 9.76. The number of hydrogen-bond donors (Lipinski definition) is 3. The topological polar surface area (TPSA) is 132 Å². The second-order valence-electron chi connectivity index (χ2n) is 9.95. The molecular formula is C32H34N5O5P. The first kappa shape index (κ1) is 30.3. The van der Waals surface area contributed by atoms with E-state index in [2.05, 4.69) is 63.2 Å². The Morgan fingerprint density at radius 2 is 1.49 bits per heavy atom. The summed E-state index contributed by atoms with van der Waals surface area (Å²) >= 11 is 0. The van der Waals surface area contributed by atoms with Crippen molar-refractivity contribution in [1.82, 2.24) is 19.5 Å². The van der Waals surface area contributed by atoms with Gasteiger partial charge in [0.15, 0.2) is 11.5 Å². The molecule has 11 heteroatoms. The van der Waals surface area contributed by atoms with E-state index in [1.54, 1.807) is 12.4 Å². The number of aromatic nitrogens is 4. The van der Waals surface area contributed by atoms with Crippen LogP contribution in [0.2, 0.25) is 0 Å². The minimum atomic E-state index is -4.31. The van der Waals surface area contributed by atoms with Gasteiger partial charge in [-0.1, -0.05) is 97.1 Å². The zero-order valence-electron chi connectivity index (χ0n) is 23.6. The van der Waals surface area contributed by atoms with E-state index in [1.165, 1.54) is 6.33 Å². The SMILES string of the molecule is C=CCNc1ncnc2c1ncn2C(CCOCP(=O)(O)O)COC(c1ccccc1)(c1ccccc1)c1ccccc1. The Labute approximate surface area is 250 Å². The molecule has 1 atom stereocenters. The summed E-state index contributed by atoms with van der Waals surface area (Å²) in [5, 5.41) is 3.19. The average molecular weight is 600 g/mol. The van der Waals surface area contributed by atoms with Crippen molar-refractivity contribution in [3.8, 4) is 0 Å². The highest BCUT2D eigenvalue weighted by atomic mass is 31.2. The van der Waals surface area contributed by atoms with Crippen molar-refractivity contribution in [2.75, 3.05) is 31.4 Å². The van der Waals surface area contributed by atoms with E-state index >= 15 is 0 Å². The second-order valence-corrected chi connectivity index (χ2v) is 11.5. The van der Waals surface area contributed by atoms with Crippen LogP contribution >= 0.6 is 7.60 Å². The predicted octanol–water partition coefficient (Wildman–Crippen LogP) is 5.52. The second kappa shape index (κ2) is 13.9. The Hall–Kier alpha value is -4.18. The fourth-order valence-electron chi connectivity index (χ4n) is 5.11. The lowest BCUT2D eigenvalue weighted by atomic mass is 9.80. The fourth-order valence-corrected chi connectivity index (χ4v) is 5.48. The van der Waals surface area contributed by atoms with E-state index in [1.807, 2.05) is 59.2 Å². The maximum atomic E-state index is 11.4. The van der Waals surface area contributed by atoms with Crippen molar-refractivity contribution in [1.29, 1.82) is 0 Å². The van der Waals surface area contributed by atoms with Gasteiger partial charge in [-0.15, -0.1) is 6.58 Å². The zero-order valence-corrected chi connectivity index (χ0v) is 24.5. The summed E-state index contributed by atoms with van der Waals surface area (Å²) in [5.74, 6) is 0.577. The average Bonchev–Trinajstić information content (AvgIpc) is 3.47. The molecule has 2 aromatic heterocycles. The summed E-state index contributed by atoms with van der Waals surface area (Å²) in [6, 6.07) is 29.8. The van der Waals surface area contributed by atoms with Gasteiger partial charge in [0.2, 0.25) is 0 Å². The lowest BCUT2D eigenvalue weighted by Gasteiger charge is -2.37. The fraction of sp³-hybridized carbons (Fsp3) is 0.219. The summed E-state index contributed by atoms with van der Waals surface area (Å²) in [4.78, 5) is 32.1. The molecule has 0 aliphatic heterocycles. The minimum Gasteiger partial charge on any atom is -0.369 e. The van der Waals surface area contributed by atoms with Gasteiger partial charge in [-0.25, -0.2) is 15.0 Å². The van der Waals surface area contributed by atoms with E-state index in [0.717, 1.165) is 16.7 Å². The predicted molar refractivity (Wildman–Crippen MR) is 166 cm³/mol. The number of benzene rings is 3. The third-order valence-corrected chi connectivity index (χ3v) is 7.57. The molecule has 222 valence electrons. The molecule has 3 N–H and O–H groups in total. The highest BCUT2D eigenvalue weighted by Gasteiger charge is 2.38. The summed E-state index contributed by atoms with van der Waals surface area (Å²) in [6.45, 7) is 4.54. The normalized spacial score (nSPS) is 12.7. The van der Waals surface area contributed by atoms with Crippen LogP contribution in [0.3, 0.4) is 0 Å². The van der Waals surface area contributed by atoms with Crippen molar-refractivity contribution in [2.24, 2.45) is 0 Å². The summed E-state index contributed by atoms with van der Waals surface area (Å²) in [5.41, 5.74) is 3.09. The lowest BCUT2D eigenvalue weighted by Crippen LogP contribution is -2.35. The monoisotopic (exact) mass is 599 g/mol. The first-order chi connectivity index (χ1) is 20.9. The molecule has 0 radical (unpaired) electrons. The molecular weight excluding hydrogens is 565 g/mol. The van der Waals surface area contributed by atoms with Crippen LogP contribution in [0.15, 0.2) is 116 Å². The molecule has 1 unspecified atom stereocenters. The smallest absolute Gasteiger partial charge is 0.350 e. The minimum absolute atomic E-state index is 0.0838. The molecule has 0 saturated carbocycles. The van der Waals surface area contributed by atoms with Crippen molar-refractivity contribution < 1.29 is 23.8 Å². The molecule has 5 rings (SSSR count). The molecule has 0 aliphatic carbocycles. The molecule has 0 bridgehead atoms. The Morgan fingerprint density at radius 3 is 2.02 bits per heavy atom. The molecule has 2 heterocycles. The Bertz CT molecular complexity index is 1560. The summed E-state index contributed by atoms with van der Waals surface area (Å²) in [7, 11) is -4.31. The van der Waals surface area contributed by atoms with E-state index in [0.29, 0.717) is 29.9 Å². The van der Waals surface area contributed by atoms with E-state index in [4.69, 9.17) is 9.47 Å². The van der Waals surface area contributed by atoms with Crippen LogP contribution < -0.4 is 5.32 Å². The van der Waals surface area contributed by atoms with Gasteiger partial charge in [0.25, 0.3) is 0 Å². The summed E-state index contributed by atoms with van der Waals surface area (Å²) in [6.07, 6.45) is 4.60. The van der Waals surface area contributed by atoms with Crippen molar-refractivity contribution in [3.63, 3.8) is 0 Å². The molecule has 5 aromatic rings. The highest BCUT2D eigenvalue weighted by Crippen LogP contribution is 2.41. The third-order valence-electron chi connectivity index (χ3n) is 7.05. The molecule has 0 saturated heterocycles. The number of imidazole rings is 1. The maximum Gasteiger partial charge on any atom is 0.350 e. The third kappa shape index (κ3) is 7.07. The molecule has 0 amide bonds. The van der Waals surface area contributed by atoms with Crippen LogP contribution in [-0.2, 0) is 19.6 Å². The number of nitrogens with one attached hydrogen (secondary N) is 1. The standard InChI is InChI=1S/C32H34N5O5P/c1-2-19-33-30-29-31(35-22-34-30)37(23-36-29)28(18-20-41-24-43(38,39)40)21-42-32(25-12-6-3-7-13-25,26-14-8-4-9-15-26)27-16-10-5-11-17-27/h2-17,22-23,28H,1,18-21,24H2,(H,33,34,35)(H2,38,39,40). The van der Waals surface area contributed by atoms with Crippen LogP contribution in [0.25, 0.3) is 11.2 Å². The number of anilines is 1. The van der Waals surface area contributed by atoms with E-state index < -0.39 is 19.5 Å². The molecule has 0 spiro atoms. The summed E-state index contributed by atoms with van der Waals surface area (Å²) < 4.78 is 25.8. The van der Waals surface area contributed by atoms with E-state index in [-0.39, 0.29) is 19.3 Å². The van der Waals surface area contributed by atoms with Crippen LogP contribution in [-0.4, -0.2) is 55.4 Å². The highest BCUT2D eigenvalue weighted by molar-refractivity contribution is 7.51. The number of ether oxygens (including phenoxy) is 2.